The minimum absolute atomic E-state index is 0.136. The van der Waals surface area contributed by atoms with Gasteiger partial charge in [-0.15, -0.1) is 0 Å². The Hall–Kier alpha value is -1.98. The summed E-state index contributed by atoms with van der Waals surface area (Å²) in [5.41, 5.74) is 11.6. The maximum absolute atomic E-state index is 12.6. The molecule has 0 aliphatic carbocycles. The second kappa shape index (κ2) is 9.68. The topological polar surface area (TPSA) is 156 Å². The molecule has 1 aliphatic rings. The molecule has 1 aliphatic heterocycles. The molecule has 0 saturated carbocycles. The first kappa shape index (κ1) is 23.3. The highest BCUT2D eigenvalue weighted by Crippen LogP contribution is 2.23. The van der Waals surface area contributed by atoms with Crippen LogP contribution in [-0.2, 0) is 14.8 Å². The van der Waals surface area contributed by atoms with Gasteiger partial charge in [0.25, 0.3) is 0 Å². The Morgan fingerprint density at radius 1 is 1.38 bits per heavy atom. The van der Waals surface area contributed by atoms with Crippen molar-refractivity contribution in [3.8, 4) is 5.75 Å². The number of hydrogen-bond donors (Lipinski definition) is 4. The lowest BCUT2D eigenvalue weighted by molar-refractivity contribution is -0.124. The fourth-order valence-electron chi connectivity index (χ4n) is 2.96. The number of ether oxygens (including phenoxy) is 1. The normalized spacial score (nSPS) is 18.6. The Balaban J connectivity index is 1.99. The fourth-order valence-corrected chi connectivity index (χ4v) is 4.14. The Bertz CT molecular complexity index is 848. The Labute approximate surface area is 171 Å². The molecule has 9 nitrogen and oxygen atoms in total. The smallest absolute Gasteiger partial charge is 0.237 e. The van der Waals surface area contributed by atoms with Crippen molar-refractivity contribution in [2.45, 2.75) is 37.8 Å². The average molecular weight is 428 g/mol. The van der Waals surface area contributed by atoms with Crippen LogP contribution in [0, 0.1) is 6.92 Å². The van der Waals surface area contributed by atoms with E-state index in [-0.39, 0.29) is 39.1 Å². The second-order valence-corrected chi connectivity index (χ2v) is 9.08. The van der Waals surface area contributed by atoms with Gasteiger partial charge in [-0.25, -0.2) is 8.42 Å². The van der Waals surface area contributed by atoms with Crippen LogP contribution in [0.4, 0.5) is 0 Å². The number of benzene rings is 1. The fraction of sp³-hybridized carbons (Fsp3) is 0.526. The first-order chi connectivity index (χ1) is 13.6. The van der Waals surface area contributed by atoms with Gasteiger partial charge in [-0.1, -0.05) is 6.07 Å². The first-order valence-electron chi connectivity index (χ1n) is 9.37. The highest BCUT2D eigenvalue weighted by molar-refractivity contribution is 7.92. The zero-order chi connectivity index (χ0) is 21.7. The lowest BCUT2D eigenvalue weighted by atomic mass is 9.89. The predicted molar refractivity (Wildman–Crippen MR) is 109 cm³/mol. The number of rotatable bonds is 9. The zero-order valence-electron chi connectivity index (χ0n) is 16.5. The summed E-state index contributed by atoms with van der Waals surface area (Å²) < 4.78 is 31.9. The number of nitrogens with two attached hydrogens (primary N) is 2. The highest BCUT2D eigenvalue weighted by Gasteiger charge is 2.38. The Kier molecular flexibility index (Phi) is 7.78. The molecule has 1 fully saturated rings. The van der Waals surface area contributed by atoms with Crippen molar-refractivity contribution in [2.24, 2.45) is 11.5 Å². The number of hydrogen-bond acceptors (Lipinski definition) is 7. The van der Waals surface area contributed by atoms with Gasteiger partial charge in [-0.2, -0.15) is 4.31 Å². The molecule has 0 aromatic heterocycles. The minimum atomic E-state index is -3.65. The monoisotopic (exact) mass is 427 g/mol. The third-order valence-corrected chi connectivity index (χ3v) is 6.62. The van der Waals surface area contributed by atoms with Gasteiger partial charge in [0.05, 0.1) is 24.9 Å². The molecule has 29 heavy (non-hydrogen) atoms. The molecule has 6 N–H and O–H groups in total. The maximum Gasteiger partial charge on any atom is 0.237 e. The van der Waals surface area contributed by atoms with Crippen LogP contribution in [0.25, 0.3) is 6.08 Å². The van der Waals surface area contributed by atoms with Gasteiger partial charge in [-0.05, 0) is 49.1 Å². The Morgan fingerprint density at radius 2 is 2.03 bits per heavy atom. The number of primary amides is 1. The molecule has 10 heteroatoms. The average Bonchev–Trinajstić information content (AvgIpc) is 2.67. The SMILES string of the molecule is Cc1cc(OCCC(O)CO)ccc1/C=C/S(=O)(=O)N1CCC(N)(C(N)=O)CC1. The number of amides is 1. The van der Waals surface area contributed by atoms with Crippen molar-refractivity contribution in [2.75, 3.05) is 26.3 Å². The van der Waals surface area contributed by atoms with E-state index in [1.165, 1.54) is 10.4 Å². The van der Waals surface area contributed by atoms with Crippen LogP contribution in [0.2, 0.25) is 0 Å². The molecule has 2 rings (SSSR count). The molecule has 1 unspecified atom stereocenters. The number of sulfonamides is 1. The number of aliphatic hydroxyl groups is 2. The van der Waals surface area contributed by atoms with Gasteiger partial charge in [0, 0.05) is 24.9 Å². The van der Waals surface area contributed by atoms with Crippen molar-refractivity contribution in [1.82, 2.24) is 4.31 Å². The quantitative estimate of drug-likeness (QED) is 0.421. The van der Waals surface area contributed by atoms with Gasteiger partial charge in [-0.3, -0.25) is 4.79 Å². The van der Waals surface area contributed by atoms with Gasteiger partial charge in [0.1, 0.15) is 5.75 Å². The number of nitrogens with zero attached hydrogens (tertiary/aromatic N) is 1. The van der Waals surface area contributed by atoms with Crippen molar-refractivity contribution in [1.29, 1.82) is 0 Å². The van der Waals surface area contributed by atoms with E-state index in [2.05, 4.69) is 0 Å². The molecule has 162 valence electrons. The second-order valence-electron chi connectivity index (χ2n) is 7.26. The van der Waals surface area contributed by atoms with Crippen LogP contribution in [0.1, 0.15) is 30.4 Å². The van der Waals surface area contributed by atoms with E-state index in [4.69, 9.17) is 21.3 Å². The van der Waals surface area contributed by atoms with Crippen molar-refractivity contribution >= 4 is 22.0 Å². The van der Waals surface area contributed by atoms with E-state index in [9.17, 15) is 18.3 Å². The standard InChI is InChI=1S/C19H29N3O6S/c1-14-12-17(28-10-4-16(24)13-23)3-2-15(14)5-11-29(26,27)22-8-6-19(21,7-9-22)18(20)25/h2-3,5,11-12,16,23-24H,4,6-10,13,21H2,1H3,(H2,20,25)/b11-5+. The number of carbonyl (C=O) groups excluding carboxylic acids is 1. The van der Waals surface area contributed by atoms with E-state index in [1.807, 2.05) is 6.92 Å². The summed E-state index contributed by atoms with van der Waals surface area (Å²) in [6.45, 7) is 2.05. The third-order valence-electron chi connectivity index (χ3n) is 5.06. The number of aryl methyl sites for hydroxylation is 1. The van der Waals surface area contributed by atoms with Gasteiger partial charge < -0.3 is 26.4 Å². The molecule has 1 aromatic rings. The maximum atomic E-state index is 12.6. The van der Waals surface area contributed by atoms with E-state index < -0.39 is 27.6 Å². The summed E-state index contributed by atoms with van der Waals surface area (Å²) in [5.74, 6) is -0.0247. The van der Waals surface area contributed by atoms with Crippen LogP contribution in [0.3, 0.4) is 0 Å². The van der Waals surface area contributed by atoms with E-state index in [0.29, 0.717) is 12.2 Å². The van der Waals surface area contributed by atoms with Crippen LogP contribution >= 0.6 is 0 Å². The molecule has 1 atom stereocenters. The molecule has 1 heterocycles. The van der Waals surface area contributed by atoms with E-state index in [0.717, 1.165) is 16.5 Å². The van der Waals surface area contributed by atoms with E-state index in [1.54, 1.807) is 18.2 Å². The summed E-state index contributed by atoms with van der Waals surface area (Å²) in [6, 6.07) is 5.22. The van der Waals surface area contributed by atoms with Crippen molar-refractivity contribution in [3.63, 3.8) is 0 Å². The van der Waals surface area contributed by atoms with Crippen molar-refractivity contribution in [3.05, 3.63) is 34.7 Å². The number of aliphatic hydroxyl groups excluding tert-OH is 2. The van der Waals surface area contributed by atoms with Crippen LogP contribution in [0.5, 0.6) is 5.75 Å². The minimum Gasteiger partial charge on any atom is -0.493 e. The number of carbonyl (C=O) groups is 1. The first-order valence-corrected chi connectivity index (χ1v) is 10.9. The Morgan fingerprint density at radius 3 is 2.59 bits per heavy atom. The zero-order valence-corrected chi connectivity index (χ0v) is 17.3. The molecule has 1 amide bonds. The molecule has 0 radical (unpaired) electrons. The largest absolute Gasteiger partial charge is 0.493 e. The molecule has 1 aromatic carbocycles. The lowest BCUT2D eigenvalue weighted by Gasteiger charge is -2.35. The van der Waals surface area contributed by atoms with Gasteiger partial charge in [0.2, 0.25) is 15.9 Å². The highest BCUT2D eigenvalue weighted by atomic mass is 32.2. The predicted octanol–water partition coefficient (Wildman–Crippen LogP) is -0.304. The molecular weight excluding hydrogens is 398 g/mol. The number of piperidine rings is 1. The van der Waals surface area contributed by atoms with Crippen LogP contribution < -0.4 is 16.2 Å². The van der Waals surface area contributed by atoms with Crippen LogP contribution in [0.15, 0.2) is 23.6 Å². The third kappa shape index (κ3) is 6.25. The van der Waals surface area contributed by atoms with E-state index >= 15 is 0 Å². The summed E-state index contributed by atoms with van der Waals surface area (Å²) in [6.07, 6.45) is 1.38. The summed E-state index contributed by atoms with van der Waals surface area (Å²) >= 11 is 0. The van der Waals surface area contributed by atoms with Crippen molar-refractivity contribution < 1.29 is 28.2 Å². The van der Waals surface area contributed by atoms with Gasteiger partial charge in [0.15, 0.2) is 0 Å². The summed E-state index contributed by atoms with van der Waals surface area (Å²) in [7, 11) is -3.65. The lowest BCUT2D eigenvalue weighted by Crippen LogP contribution is -2.58. The summed E-state index contributed by atoms with van der Waals surface area (Å²) in [4.78, 5) is 11.4. The van der Waals surface area contributed by atoms with Crippen LogP contribution in [-0.4, -0.2) is 66.8 Å². The summed E-state index contributed by atoms with van der Waals surface area (Å²) in [5, 5.41) is 19.2. The molecular formula is C19H29N3O6S. The molecule has 0 spiro atoms. The van der Waals surface area contributed by atoms with Gasteiger partial charge >= 0.3 is 0 Å². The molecule has 0 bridgehead atoms. The molecule has 1 saturated heterocycles.